The maximum atomic E-state index is 5.46. The highest BCUT2D eigenvalue weighted by Gasteiger charge is 2.20. The van der Waals surface area contributed by atoms with E-state index in [1.165, 1.54) is 11.1 Å². The van der Waals surface area contributed by atoms with Gasteiger partial charge in [-0.1, -0.05) is 36.4 Å². The first kappa shape index (κ1) is 23.7. The van der Waals surface area contributed by atoms with E-state index in [1.807, 2.05) is 6.07 Å². The minimum absolute atomic E-state index is 0. The average Bonchev–Trinajstić information content (AvgIpc) is 3.24. The van der Waals surface area contributed by atoms with Crippen LogP contribution in [-0.4, -0.2) is 49.9 Å². The molecular formula is C24H33IN4O2. The molecule has 2 aromatic carbocycles. The molecule has 0 unspecified atom stereocenters. The van der Waals surface area contributed by atoms with E-state index in [9.17, 15) is 0 Å². The van der Waals surface area contributed by atoms with Crippen molar-refractivity contribution < 1.29 is 9.47 Å². The molecule has 7 heteroatoms. The first-order valence-electron chi connectivity index (χ1n) is 11.0. The zero-order valence-electron chi connectivity index (χ0n) is 18.2. The van der Waals surface area contributed by atoms with Gasteiger partial charge in [-0.3, -0.25) is 9.89 Å². The van der Waals surface area contributed by atoms with E-state index < -0.39 is 0 Å². The van der Waals surface area contributed by atoms with E-state index in [-0.39, 0.29) is 24.0 Å². The predicted octanol–water partition coefficient (Wildman–Crippen LogP) is 3.80. The Morgan fingerprint density at radius 2 is 1.81 bits per heavy atom. The van der Waals surface area contributed by atoms with Crippen molar-refractivity contribution in [1.29, 1.82) is 0 Å². The van der Waals surface area contributed by atoms with Gasteiger partial charge >= 0.3 is 0 Å². The first-order valence-corrected chi connectivity index (χ1v) is 11.0. The number of fused-ring (bicyclic) bond motifs is 1. The molecule has 0 bridgehead atoms. The number of halogens is 1. The van der Waals surface area contributed by atoms with Crippen LogP contribution in [0.4, 0.5) is 0 Å². The molecule has 0 atom stereocenters. The van der Waals surface area contributed by atoms with Crippen molar-refractivity contribution in [3.8, 4) is 11.5 Å². The van der Waals surface area contributed by atoms with Crippen molar-refractivity contribution in [2.24, 2.45) is 4.99 Å². The lowest BCUT2D eigenvalue weighted by Crippen LogP contribution is -2.48. The Labute approximate surface area is 202 Å². The van der Waals surface area contributed by atoms with Gasteiger partial charge in [-0.05, 0) is 49.4 Å². The molecule has 0 aromatic heterocycles. The predicted molar refractivity (Wildman–Crippen MR) is 136 cm³/mol. The topological polar surface area (TPSA) is 58.1 Å². The molecule has 0 spiro atoms. The molecule has 2 aliphatic rings. The van der Waals surface area contributed by atoms with Gasteiger partial charge in [-0.2, -0.15) is 0 Å². The second-order valence-electron chi connectivity index (χ2n) is 7.88. The highest BCUT2D eigenvalue weighted by Crippen LogP contribution is 2.32. The molecular weight excluding hydrogens is 503 g/mol. The number of hydrogen-bond acceptors (Lipinski definition) is 4. The van der Waals surface area contributed by atoms with E-state index >= 15 is 0 Å². The molecule has 0 radical (unpaired) electrons. The Morgan fingerprint density at radius 3 is 2.58 bits per heavy atom. The highest BCUT2D eigenvalue weighted by atomic mass is 127. The zero-order valence-corrected chi connectivity index (χ0v) is 20.5. The van der Waals surface area contributed by atoms with Crippen molar-refractivity contribution in [3.05, 3.63) is 59.7 Å². The minimum Gasteiger partial charge on any atom is -0.454 e. The summed E-state index contributed by atoms with van der Waals surface area (Å²) in [4.78, 5) is 7.33. The van der Waals surface area contributed by atoms with Crippen LogP contribution in [0.2, 0.25) is 0 Å². The summed E-state index contributed by atoms with van der Waals surface area (Å²) in [6, 6.07) is 17.3. The van der Waals surface area contributed by atoms with Gasteiger partial charge in [0.25, 0.3) is 0 Å². The van der Waals surface area contributed by atoms with Crippen molar-refractivity contribution in [2.45, 2.75) is 38.8 Å². The van der Waals surface area contributed by atoms with Crippen LogP contribution in [0.5, 0.6) is 11.5 Å². The van der Waals surface area contributed by atoms with Crippen LogP contribution in [0.1, 0.15) is 30.9 Å². The summed E-state index contributed by atoms with van der Waals surface area (Å²) in [6.07, 6.45) is 3.15. The fourth-order valence-electron chi connectivity index (χ4n) is 3.98. The number of rotatable bonds is 7. The van der Waals surface area contributed by atoms with Gasteiger partial charge in [0.15, 0.2) is 17.5 Å². The molecule has 4 rings (SSSR count). The number of aliphatic imine (C=N–C) groups is 1. The third kappa shape index (κ3) is 7.00. The monoisotopic (exact) mass is 536 g/mol. The molecule has 0 amide bonds. The van der Waals surface area contributed by atoms with Crippen LogP contribution in [0.3, 0.4) is 0 Å². The van der Waals surface area contributed by atoms with E-state index in [0.29, 0.717) is 12.8 Å². The largest absolute Gasteiger partial charge is 0.454 e. The summed E-state index contributed by atoms with van der Waals surface area (Å²) in [5.74, 6) is 2.58. The molecule has 1 fully saturated rings. The van der Waals surface area contributed by atoms with Gasteiger partial charge in [0.2, 0.25) is 6.79 Å². The SMILES string of the molecule is CCNC(=NCCc1ccc2c(c1)OCO2)NC1CCN(Cc2ccccc2)CC1.I. The normalized spacial score (nSPS) is 16.6. The smallest absolute Gasteiger partial charge is 0.231 e. The van der Waals surface area contributed by atoms with Gasteiger partial charge in [0.05, 0.1) is 0 Å². The maximum absolute atomic E-state index is 5.46. The van der Waals surface area contributed by atoms with Crippen LogP contribution in [0.25, 0.3) is 0 Å². The number of piperidine rings is 1. The molecule has 1 saturated heterocycles. The van der Waals surface area contributed by atoms with E-state index in [4.69, 9.17) is 14.5 Å². The van der Waals surface area contributed by atoms with Gasteiger partial charge in [-0.15, -0.1) is 24.0 Å². The summed E-state index contributed by atoms with van der Waals surface area (Å²) in [6.45, 7) is 7.29. The number of hydrogen-bond donors (Lipinski definition) is 2. The number of ether oxygens (including phenoxy) is 2. The van der Waals surface area contributed by atoms with Crippen LogP contribution in [-0.2, 0) is 13.0 Å². The summed E-state index contributed by atoms with van der Waals surface area (Å²) in [5.41, 5.74) is 2.61. The Hall–Kier alpha value is -2.00. The number of guanidine groups is 1. The second-order valence-corrected chi connectivity index (χ2v) is 7.88. The van der Waals surface area contributed by atoms with Gasteiger partial charge in [0.1, 0.15) is 0 Å². The highest BCUT2D eigenvalue weighted by molar-refractivity contribution is 14.0. The quantitative estimate of drug-likeness (QED) is 0.321. The zero-order chi connectivity index (χ0) is 20.6. The third-order valence-corrected chi connectivity index (χ3v) is 5.63. The van der Waals surface area contributed by atoms with Crippen LogP contribution in [0, 0.1) is 0 Å². The number of nitrogens with zero attached hydrogens (tertiary/aromatic N) is 2. The standard InChI is InChI=1S/C24H32N4O2.HI/c1-2-25-24(26-13-10-19-8-9-22-23(16-19)30-18-29-22)27-21-11-14-28(15-12-21)17-20-6-4-3-5-7-20;/h3-9,16,21H,2,10-15,17-18H2,1H3,(H2,25,26,27);1H. The lowest BCUT2D eigenvalue weighted by molar-refractivity contribution is 0.174. The van der Waals surface area contributed by atoms with Gasteiger partial charge in [0, 0.05) is 38.8 Å². The fourth-order valence-corrected chi connectivity index (χ4v) is 3.98. The second kappa shape index (κ2) is 12.1. The van der Waals surface area contributed by atoms with Crippen molar-refractivity contribution in [2.75, 3.05) is 33.0 Å². The molecule has 2 aromatic rings. The lowest BCUT2D eigenvalue weighted by Gasteiger charge is -2.33. The summed E-state index contributed by atoms with van der Waals surface area (Å²) in [7, 11) is 0. The van der Waals surface area contributed by atoms with Gasteiger partial charge in [-0.25, -0.2) is 0 Å². The Bertz CT molecular complexity index is 839. The Morgan fingerprint density at radius 1 is 1.03 bits per heavy atom. The van der Waals surface area contributed by atoms with Gasteiger partial charge < -0.3 is 20.1 Å². The average molecular weight is 536 g/mol. The van der Waals surface area contributed by atoms with E-state index in [1.54, 1.807) is 0 Å². The molecule has 0 saturated carbocycles. The Balaban J connectivity index is 0.00000272. The number of benzene rings is 2. The molecule has 0 aliphatic carbocycles. The lowest BCUT2D eigenvalue weighted by atomic mass is 10.0. The Kier molecular flexibility index (Phi) is 9.27. The maximum Gasteiger partial charge on any atom is 0.231 e. The molecule has 168 valence electrons. The third-order valence-electron chi connectivity index (χ3n) is 5.63. The molecule has 2 N–H and O–H groups in total. The van der Waals surface area contributed by atoms with Crippen molar-refractivity contribution in [3.63, 3.8) is 0 Å². The molecule has 31 heavy (non-hydrogen) atoms. The van der Waals surface area contributed by atoms with Crippen LogP contribution in [0.15, 0.2) is 53.5 Å². The fraction of sp³-hybridized carbons (Fsp3) is 0.458. The summed E-state index contributed by atoms with van der Waals surface area (Å²) in [5, 5.41) is 7.03. The molecule has 6 nitrogen and oxygen atoms in total. The molecule has 2 aliphatic heterocycles. The molecule has 2 heterocycles. The van der Waals surface area contributed by atoms with Crippen LogP contribution >= 0.6 is 24.0 Å². The van der Waals surface area contributed by atoms with E-state index in [2.05, 4.69) is 64.9 Å². The van der Waals surface area contributed by atoms with Crippen molar-refractivity contribution in [1.82, 2.24) is 15.5 Å². The van der Waals surface area contributed by atoms with Crippen molar-refractivity contribution >= 4 is 29.9 Å². The first-order chi connectivity index (χ1) is 14.8. The minimum atomic E-state index is 0. The summed E-state index contributed by atoms with van der Waals surface area (Å²) >= 11 is 0. The van der Waals surface area contributed by atoms with E-state index in [0.717, 1.165) is 69.4 Å². The number of likely N-dealkylation sites (tertiary alicyclic amines) is 1. The van der Waals surface area contributed by atoms with Crippen LogP contribution < -0.4 is 20.1 Å². The number of nitrogens with one attached hydrogen (secondary N) is 2. The summed E-state index contributed by atoms with van der Waals surface area (Å²) < 4.78 is 10.8.